The average molecular weight is 295 g/mol. The lowest BCUT2D eigenvalue weighted by atomic mass is 9.90. The summed E-state index contributed by atoms with van der Waals surface area (Å²) in [5.41, 5.74) is 2.48. The fourth-order valence-electron chi connectivity index (χ4n) is 2.36. The minimum absolute atomic E-state index is 0.280. The number of hydrogen-bond donors (Lipinski definition) is 1. The molecule has 0 spiro atoms. The number of carbonyl (C=O) groups is 1. The highest BCUT2D eigenvalue weighted by molar-refractivity contribution is 5.76. The number of aliphatic carboxylic acids is 1. The Kier molecular flexibility index (Phi) is 5.16. The Morgan fingerprint density at radius 3 is 2.55 bits per heavy atom. The van der Waals surface area contributed by atoms with E-state index in [0.29, 0.717) is 6.42 Å². The number of ether oxygens (including phenoxy) is 1. The Hall–Kier alpha value is -2.80. The number of hydrogen-bond acceptors (Lipinski definition) is 3. The fraction of sp³-hybridized carbons (Fsp3) is 0.222. The zero-order valence-electron chi connectivity index (χ0n) is 12.3. The Morgan fingerprint density at radius 2 is 1.95 bits per heavy atom. The van der Waals surface area contributed by atoms with Crippen LogP contribution in [0.25, 0.3) is 0 Å². The standard InChI is InChI=1S/C18H17NO3/c1-22-16-7-5-14(6-8-16)12-17(18(20)21)15-4-2-3-13(11-15)9-10-19/h2-8,11,17H,9,12H2,1H3,(H,20,21). The first-order valence-corrected chi connectivity index (χ1v) is 6.95. The van der Waals surface area contributed by atoms with Gasteiger partial charge in [0.05, 0.1) is 25.5 Å². The van der Waals surface area contributed by atoms with E-state index in [4.69, 9.17) is 10.00 Å². The van der Waals surface area contributed by atoms with E-state index in [2.05, 4.69) is 6.07 Å². The van der Waals surface area contributed by atoms with Crippen molar-refractivity contribution in [2.75, 3.05) is 7.11 Å². The van der Waals surface area contributed by atoms with Crippen LogP contribution in [-0.4, -0.2) is 18.2 Å². The van der Waals surface area contributed by atoms with Crippen molar-refractivity contribution in [1.29, 1.82) is 5.26 Å². The van der Waals surface area contributed by atoms with Gasteiger partial charge in [0.25, 0.3) is 0 Å². The van der Waals surface area contributed by atoms with Crippen LogP contribution in [0.15, 0.2) is 48.5 Å². The molecule has 2 aromatic carbocycles. The van der Waals surface area contributed by atoms with Gasteiger partial charge in [0.1, 0.15) is 5.75 Å². The third-order valence-electron chi connectivity index (χ3n) is 3.53. The molecule has 0 aliphatic carbocycles. The average Bonchev–Trinajstić information content (AvgIpc) is 2.53. The molecule has 22 heavy (non-hydrogen) atoms. The highest BCUT2D eigenvalue weighted by Gasteiger charge is 2.20. The summed E-state index contributed by atoms with van der Waals surface area (Å²) in [4.78, 5) is 11.6. The molecule has 112 valence electrons. The number of nitrogens with zero attached hydrogens (tertiary/aromatic N) is 1. The molecule has 0 saturated heterocycles. The quantitative estimate of drug-likeness (QED) is 0.888. The maximum atomic E-state index is 11.6. The Balaban J connectivity index is 2.24. The second-order valence-electron chi connectivity index (χ2n) is 5.02. The Bertz CT molecular complexity index is 686. The van der Waals surface area contributed by atoms with Gasteiger partial charge in [0.15, 0.2) is 0 Å². The highest BCUT2D eigenvalue weighted by Crippen LogP contribution is 2.24. The van der Waals surface area contributed by atoms with Gasteiger partial charge in [0, 0.05) is 0 Å². The summed E-state index contributed by atoms with van der Waals surface area (Å²) >= 11 is 0. The molecule has 1 atom stereocenters. The summed E-state index contributed by atoms with van der Waals surface area (Å²) in [7, 11) is 1.59. The Morgan fingerprint density at radius 1 is 1.23 bits per heavy atom. The molecule has 0 aliphatic heterocycles. The third kappa shape index (κ3) is 3.86. The second-order valence-corrected chi connectivity index (χ2v) is 5.02. The van der Waals surface area contributed by atoms with Crippen molar-refractivity contribution in [2.24, 2.45) is 0 Å². The molecule has 4 nitrogen and oxygen atoms in total. The number of carboxylic acids is 1. The molecule has 0 aromatic heterocycles. The monoisotopic (exact) mass is 295 g/mol. The normalized spacial score (nSPS) is 11.5. The van der Waals surface area contributed by atoms with Gasteiger partial charge in [-0.05, 0) is 35.2 Å². The van der Waals surface area contributed by atoms with Crippen molar-refractivity contribution in [1.82, 2.24) is 0 Å². The van der Waals surface area contributed by atoms with Crippen LogP contribution in [0.4, 0.5) is 0 Å². The lowest BCUT2D eigenvalue weighted by Gasteiger charge is -2.14. The van der Waals surface area contributed by atoms with Crippen LogP contribution in [0.5, 0.6) is 5.75 Å². The van der Waals surface area contributed by atoms with Crippen molar-refractivity contribution >= 4 is 5.97 Å². The lowest BCUT2D eigenvalue weighted by Crippen LogP contribution is -2.14. The smallest absolute Gasteiger partial charge is 0.311 e. The van der Waals surface area contributed by atoms with Crippen molar-refractivity contribution in [2.45, 2.75) is 18.8 Å². The topological polar surface area (TPSA) is 70.3 Å². The molecular formula is C18H17NO3. The van der Waals surface area contributed by atoms with Gasteiger partial charge in [-0.3, -0.25) is 4.79 Å². The molecule has 0 fully saturated rings. The first-order valence-electron chi connectivity index (χ1n) is 6.95. The minimum atomic E-state index is -0.870. The number of nitriles is 1. The lowest BCUT2D eigenvalue weighted by molar-refractivity contribution is -0.138. The van der Waals surface area contributed by atoms with Crippen molar-refractivity contribution in [3.05, 3.63) is 65.2 Å². The SMILES string of the molecule is COc1ccc(CC(C(=O)O)c2cccc(CC#N)c2)cc1. The minimum Gasteiger partial charge on any atom is -0.497 e. The molecule has 2 aromatic rings. The number of rotatable bonds is 6. The van der Waals surface area contributed by atoms with Crippen LogP contribution in [0.1, 0.15) is 22.6 Å². The number of carboxylic acid groups (broad SMARTS) is 1. The van der Waals surface area contributed by atoms with Crippen LogP contribution in [0.3, 0.4) is 0 Å². The van der Waals surface area contributed by atoms with Crippen LogP contribution >= 0.6 is 0 Å². The largest absolute Gasteiger partial charge is 0.497 e. The van der Waals surface area contributed by atoms with Gasteiger partial charge in [-0.25, -0.2) is 0 Å². The molecule has 1 unspecified atom stereocenters. The van der Waals surface area contributed by atoms with Gasteiger partial charge in [0.2, 0.25) is 0 Å². The van der Waals surface area contributed by atoms with E-state index in [0.717, 1.165) is 22.4 Å². The van der Waals surface area contributed by atoms with Crippen LogP contribution in [-0.2, 0) is 17.6 Å². The zero-order chi connectivity index (χ0) is 15.9. The van der Waals surface area contributed by atoms with E-state index in [1.54, 1.807) is 25.3 Å². The van der Waals surface area contributed by atoms with Crippen molar-refractivity contribution < 1.29 is 14.6 Å². The summed E-state index contributed by atoms with van der Waals surface area (Å²) in [5, 5.41) is 18.3. The molecule has 2 rings (SSSR count). The van der Waals surface area contributed by atoms with Gasteiger partial charge in [-0.2, -0.15) is 5.26 Å². The first-order chi connectivity index (χ1) is 10.6. The molecule has 0 saturated carbocycles. The van der Waals surface area contributed by atoms with Crippen LogP contribution in [0.2, 0.25) is 0 Å². The molecule has 0 heterocycles. The van der Waals surface area contributed by atoms with E-state index in [9.17, 15) is 9.90 Å². The predicted octanol–water partition coefficient (Wildman–Crippen LogP) is 3.17. The van der Waals surface area contributed by atoms with Gasteiger partial charge in [-0.15, -0.1) is 0 Å². The van der Waals surface area contributed by atoms with Gasteiger partial charge >= 0.3 is 5.97 Å². The van der Waals surface area contributed by atoms with Gasteiger partial charge in [-0.1, -0.05) is 36.4 Å². The molecule has 4 heteroatoms. The fourth-order valence-corrected chi connectivity index (χ4v) is 2.36. The molecule has 1 N–H and O–H groups in total. The predicted molar refractivity (Wildman–Crippen MR) is 82.8 cm³/mol. The van der Waals surface area contributed by atoms with E-state index in [-0.39, 0.29) is 6.42 Å². The molecule has 0 radical (unpaired) electrons. The third-order valence-corrected chi connectivity index (χ3v) is 3.53. The maximum Gasteiger partial charge on any atom is 0.311 e. The number of benzene rings is 2. The first kappa shape index (κ1) is 15.6. The van der Waals surface area contributed by atoms with Crippen LogP contribution in [0, 0.1) is 11.3 Å². The maximum absolute atomic E-state index is 11.6. The summed E-state index contributed by atoms with van der Waals surface area (Å²) in [5.74, 6) is -0.761. The number of methoxy groups -OCH3 is 1. The van der Waals surface area contributed by atoms with E-state index in [1.165, 1.54) is 0 Å². The zero-order valence-corrected chi connectivity index (χ0v) is 12.3. The van der Waals surface area contributed by atoms with Gasteiger partial charge < -0.3 is 9.84 Å². The van der Waals surface area contributed by atoms with Crippen LogP contribution < -0.4 is 4.74 Å². The van der Waals surface area contributed by atoms with E-state index < -0.39 is 11.9 Å². The Labute approximate surface area is 129 Å². The molecule has 0 aliphatic rings. The molecule has 0 amide bonds. The summed E-state index contributed by atoms with van der Waals surface area (Å²) in [6.07, 6.45) is 0.679. The van der Waals surface area contributed by atoms with Crippen molar-refractivity contribution in [3.8, 4) is 11.8 Å². The second kappa shape index (κ2) is 7.28. The summed E-state index contributed by atoms with van der Waals surface area (Å²) < 4.78 is 5.10. The van der Waals surface area contributed by atoms with E-state index >= 15 is 0 Å². The van der Waals surface area contributed by atoms with E-state index in [1.807, 2.05) is 30.3 Å². The highest BCUT2D eigenvalue weighted by atomic mass is 16.5. The molecular weight excluding hydrogens is 278 g/mol. The van der Waals surface area contributed by atoms with Crippen molar-refractivity contribution in [3.63, 3.8) is 0 Å². The summed E-state index contributed by atoms with van der Waals surface area (Å²) in [6, 6.07) is 16.7. The summed E-state index contributed by atoms with van der Waals surface area (Å²) in [6.45, 7) is 0. The molecule has 0 bridgehead atoms.